The minimum atomic E-state index is -0.324. The molecule has 2 N–H and O–H groups in total. The summed E-state index contributed by atoms with van der Waals surface area (Å²) in [6.45, 7) is 4.07. The molecule has 0 bridgehead atoms. The van der Waals surface area contributed by atoms with Gasteiger partial charge in [-0.25, -0.2) is 4.98 Å². The number of aryl methyl sites for hydroxylation is 2. The van der Waals surface area contributed by atoms with Crippen molar-refractivity contribution < 1.29 is 9.59 Å². The fraction of sp³-hybridized carbons (Fsp3) is 0.286. The molecule has 2 atom stereocenters. The van der Waals surface area contributed by atoms with Crippen LogP contribution in [0.4, 0.5) is 0 Å². The van der Waals surface area contributed by atoms with Gasteiger partial charge in [0.2, 0.25) is 0 Å². The first-order valence-corrected chi connectivity index (χ1v) is 9.49. The van der Waals surface area contributed by atoms with Crippen molar-refractivity contribution in [3.63, 3.8) is 0 Å². The van der Waals surface area contributed by atoms with Gasteiger partial charge in [0.05, 0.1) is 11.6 Å². The molecule has 1 aliphatic heterocycles. The number of nitrogens with one attached hydrogen (secondary N) is 2. The number of hydrogen-bond acceptors (Lipinski definition) is 5. The van der Waals surface area contributed by atoms with Gasteiger partial charge in [0.1, 0.15) is 5.82 Å². The number of nitrogens with zero attached hydrogens (tertiary/aromatic N) is 4. The van der Waals surface area contributed by atoms with Gasteiger partial charge >= 0.3 is 0 Å². The summed E-state index contributed by atoms with van der Waals surface area (Å²) in [7, 11) is 0. The van der Waals surface area contributed by atoms with Gasteiger partial charge in [-0.1, -0.05) is 18.2 Å². The van der Waals surface area contributed by atoms with Crippen molar-refractivity contribution in [3.8, 4) is 0 Å². The third-order valence-corrected chi connectivity index (χ3v) is 5.00. The fourth-order valence-electron chi connectivity index (χ4n) is 3.54. The summed E-state index contributed by atoms with van der Waals surface area (Å²) >= 11 is 0. The first-order valence-electron chi connectivity index (χ1n) is 9.49. The molecule has 0 saturated carbocycles. The van der Waals surface area contributed by atoms with Gasteiger partial charge in [0.25, 0.3) is 11.8 Å². The smallest absolute Gasteiger partial charge is 0.256 e. The summed E-state index contributed by atoms with van der Waals surface area (Å²) in [4.78, 5) is 36.1. The average molecular weight is 390 g/mol. The summed E-state index contributed by atoms with van der Waals surface area (Å²) in [6, 6.07) is 12.1. The molecule has 148 valence electrons. The number of rotatable bonds is 4. The van der Waals surface area contributed by atoms with E-state index in [0.29, 0.717) is 35.7 Å². The van der Waals surface area contributed by atoms with Crippen molar-refractivity contribution in [2.45, 2.75) is 32.4 Å². The molecule has 3 heterocycles. The van der Waals surface area contributed by atoms with Crippen LogP contribution in [0.5, 0.6) is 0 Å². The standard InChI is InChI=1S/C21H22N6O2/c1-13-8-9-16(11-22-13)21(29)27-12-17(10-18(27)19-23-14(2)25-26-19)24-20(28)15-6-4-3-5-7-15/h3-9,11,17-18H,10,12H2,1-2H3,(H,24,28)(H,23,25,26)/t17-,18-/m0/s1. The molecule has 0 spiro atoms. The van der Waals surface area contributed by atoms with E-state index in [2.05, 4.69) is 25.5 Å². The zero-order valence-electron chi connectivity index (χ0n) is 16.3. The Morgan fingerprint density at radius 2 is 1.90 bits per heavy atom. The van der Waals surface area contributed by atoms with Crippen LogP contribution in [0.15, 0.2) is 48.7 Å². The number of aromatic nitrogens is 4. The third-order valence-electron chi connectivity index (χ3n) is 5.00. The topological polar surface area (TPSA) is 104 Å². The van der Waals surface area contributed by atoms with Crippen molar-refractivity contribution in [1.29, 1.82) is 0 Å². The number of hydrogen-bond donors (Lipinski definition) is 2. The molecular formula is C21H22N6O2. The molecule has 29 heavy (non-hydrogen) atoms. The third kappa shape index (κ3) is 4.01. The van der Waals surface area contributed by atoms with Crippen LogP contribution in [-0.2, 0) is 0 Å². The minimum Gasteiger partial charge on any atom is -0.347 e. The Balaban J connectivity index is 1.57. The molecule has 1 fully saturated rings. The maximum absolute atomic E-state index is 13.2. The number of H-pyrrole nitrogens is 1. The van der Waals surface area contributed by atoms with Gasteiger partial charge < -0.3 is 10.2 Å². The number of likely N-dealkylation sites (tertiary alicyclic amines) is 1. The largest absolute Gasteiger partial charge is 0.347 e. The Kier molecular flexibility index (Phi) is 5.07. The molecule has 0 aliphatic carbocycles. The average Bonchev–Trinajstić information content (AvgIpc) is 3.35. The lowest BCUT2D eigenvalue weighted by Crippen LogP contribution is -2.38. The van der Waals surface area contributed by atoms with E-state index in [1.54, 1.807) is 29.3 Å². The summed E-state index contributed by atoms with van der Waals surface area (Å²) in [5, 5.41) is 10.1. The zero-order chi connectivity index (χ0) is 20.4. The Morgan fingerprint density at radius 1 is 1.10 bits per heavy atom. The second-order valence-electron chi connectivity index (χ2n) is 7.21. The van der Waals surface area contributed by atoms with E-state index in [1.807, 2.05) is 38.1 Å². The number of amides is 2. The molecule has 1 aromatic carbocycles. The lowest BCUT2D eigenvalue weighted by Gasteiger charge is -2.22. The minimum absolute atomic E-state index is 0.151. The van der Waals surface area contributed by atoms with E-state index in [1.165, 1.54) is 0 Å². The van der Waals surface area contributed by atoms with Crippen LogP contribution in [0.3, 0.4) is 0 Å². The molecule has 2 amide bonds. The van der Waals surface area contributed by atoms with Gasteiger partial charge in [-0.3, -0.25) is 19.7 Å². The van der Waals surface area contributed by atoms with Crippen LogP contribution in [0.25, 0.3) is 0 Å². The maximum atomic E-state index is 13.2. The highest BCUT2D eigenvalue weighted by atomic mass is 16.2. The second kappa shape index (κ2) is 7.83. The molecule has 8 heteroatoms. The van der Waals surface area contributed by atoms with Crippen molar-refractivity contribution in [2.75, 3.05) is 6.54 Å². The van der Waals surface area contributed by atoms with Gasteiger partial charge in [-0.2, -0.15) is 5.10 Å². The SMILES string of the molecule is Cc1ccc(C(=O)N2C[C@@H](NC(=O)c3ccccc3)C[C@H]2c2n[nH]c(C)n2)cn1. The Bertz CT molecular complexity index is 1020. The summed E-state index contributed by atoms with van der Waals surface area (Å²) in [6.07, 6.45) is 2.12. The van der Waals surface area contributed by atoms with Crippen LogP contribution >= 0.6 is 0 Å². The predicted octanol–water partition coefficient (Wildman–Crippen LogP) is 2.20. The van der Waals surface area contributed by atoms with Gasteiger partial charge in [0.15, 0.2) is 5.82 Å². The Labute approximate surface area is 168 Å². The second-order valence-corrected chi connectivity index (χ2v) is 7.21. The van der Waals surface area contributed by atoms with Gasteiger partial charge in [-0.15, -0.1) is 0 Å². The highest BCUT2D eigenvalue weighted by Gasteiger charge is 2.39. The maximum Gasteiger partial charge on any atom is 0.256 e. The van der Waals surface area contributed by atoms with Crippen molar-refractivity contribution in [1.82, 2.24) is 30.4 Å². The molecule has 2 aromatic heterocycles. The highest BCUT2D eigenvalue weighted by molar-refractivity contribution is 5.95. The number of carbonyl (C=O) groups is 2. The summed E-state index contributed by atoms with van der Waals surface area (Å²) in [5.41, 5.74) is 1.94. The van der Waals surface area contributed by atoms with E-state index >= 15 is 0 Å². The molecule has 3 aromatic rings. The number of carbonyl (C=O) groups excluding carboxylic acids is 2. The Hall–Kier alpha value is -3.55. The number of pyridine rings is 1. The molecule has 0 radical (unpaired) electrons. The van der Waals surface area contributed by atoms with Crippen LogP contribution in [0.1, 0.15) is 50.5 Å². The van der Waals surface area contributed by atoms with Crippen LogP contribution < -0.4 is 5.32 Å². The highest BCUT2D eigenvalue weighted by Crippen LogP contribution is 2.31. The normalized spacial score (nSPS) is 18.6. The quantitative estimate of drug-likeness (QED) is 0.711. The van der Waals surface area contributed by atoms with E-state index < -0.39 is 0 Å². The molecule has 8 nitrogen and oxygen atoms in total. The fourth-order valence-corrected chi connectivity index (χ4v) is 3.54. The number of benzene rings is 1. The van der Waals surface area contributed by atoms with E-state index in [-0.39, 0.29) is 23.9 Å². The van der Waals surface area contributed by atoms with Crippen molar-refractivity contribution in [2.24, 2.45) is 0 Å². The summed E-state index contributed by atoms with van der Waals surface area (Å²) < 4.78 is 0. The first-order chi connectivity index (χ1) is 14.0. The van der Waals surface area contributed by atoms with Gasteiger partial charge in [-0.05, 0) is 44.5 Å². The predicted molar refractivity (Wildman–Crippen MR) is 106 cm³/mol. The summed E-state index contributed by atoms with van der Waals surface area (Å²) in [5.74, 6) is 0.918. The van der Waals surface area contributed by atoms with Crippen molar-refractivity contribution in [3.05, 3.63) is 77.1 Å². The molecule has 1 aliphatic rings. The molecular weight excluding hydrogens is 368 g/mol. The number of aromatic amines is 1. The van der Waals surface area contributed by atoms with Crippen LogP contribution in [-0.4, -0.2) is 49.5 Å². The molecule has 1 saturated heterocycles. The van der Waals surface area contributed by atoms with E-state index in [9.17, 15) is 9.59 Å². The lowest BCUT2D eigenvalue weighted by atomic mass is 10.1. The monoisotopic (exact) mass is 390 g/mol. The Morgan fingerprint density at radius 3 is 2.55 bits per heavy atom. The molecule has 4 rings (SSSR count). The van der Waals surface area contributed by atoms with Crippen molar-refractivity contribution >= 4 is 11.8 Å². The van der Waals surface area contributed by atoms with Crippen LogP contribution in [0.2, 0.25) is 0 Å². The van der Waals surface area contributed by atoms with Gasteiger partial charge in [0, 0.05) is 30.0 Å². The zero-order valence-corrected chi connectivity index (χ0v) is 16.3. The van der Waals surface area contributed by atoms with E-state index in [0.717, 1.165) is 5.69 Å². The van der Waals surface area contributed by atoms with E-state index in [4.69, 9.17) is 0 Å². The lowest BCUT2D eigenvalue weighted by molar-refractivity contribution is 0.0724. The first kappa shape index (κ1) is 18.8. The van der Waals surface area contributed by atoms with Crippen LogP contribution in [0, 0.1) is 13.8 Å². The molecule has 0 unspecified atom stereocenters.